The van der Waals surface area contributed by atoms with E-state index < -0.39 is 0 Å². The molecule has 0 saturated heterocycles. The molecule has 14 aromatic carbocycles. The minimum atomic E-state index is -0.370. The summed E-state index contributed by atoms with van der Waals surface area (Å²) < 4.78 is 4.81. The fourth-order valence-corrected chi connectivity index (χ4v) is 16.6. The van der Waals surface area contributed by atoms with Gasteiger partial charge in [-0.25, -0.2) is 0 Å². The summed E-state index contributed by atoms with van der Waals surface area (Å²) in [6, 6.07) is 123. The van der Waals surface area contributed by atoms with Crippen LogP contribution in [0.3, 0.4) is 0 Å². The van der Waals surface area contributed by atoms with Gasteiger partial charge in [0.15, 0.2) is 0 Å². The molecular weight excluding hydrogens is 1210 g/mol. The monoisotopic (exact) mass is 1280 g/mol. The van der Waals surface area contributed by atoms with E-state index in [-0.39, 0.29) is 10.8 Å². The van der Waals surface area contributed by atoms with Crippen LogP contribution < -0.4 is 9.80 Å². The minimum absolute atomic E-state index is 0.291. The lowest BCUT2D eigenvalue weighted by Gasteiger charge is -2.31. The summed E-state index contributed by atoms with van der Waals surface area (Å²) in [5.74, 6) is 0. The molecule has 2 aliphatic carbocycles. The van der Waals surface area contributed by atoms with Gasteiger partial charge in [0.1, 0.15) is 0 Å². The highest BCUT2D eigenvalue weighted by Crippen LogP contribution is 2.56. The number of nitrogens with zero attached hydrogens (tertiary/aromatic N) is 4. The van der Waals surface area contributed by atoms with Crippen LogP contribution in [0.25, 0.3) is 112 Å². The molecule has 0 spiro atoms. The van der Waals surface area contributed by atoms with Crippen LogP contribution in [-0.4, -0.2) is 9.13 Å². The smallest absolute Gasteiger partial charge is 0.0561 e. The fourth-order valence-electron chi connectivity index (χ4n) is 16.6. The molecule has 18 rings (SSSR count). The van der Waals surface area contributed by atoms with Crippen molar-refractivity contribution >= 4 is 79.0 Å². The zero-order valence-electron chi connectivity index (χ0n) is 56.3. The number of aromatic nitrogens is 2. The Kier molecular flexibility index (Phi) is 14.4. The van der Waals surface area contributed by atoms with Crippen LogP contribution in [0.4, 0.5) is 34.1 Å². The predicted molar refractivity (Wildman–Crippen MR) is 423 cm³/mol. The Hall–Kier alpha value is -12.5. The van der Waals surface area contributed by atoms with Gasteiger partial charge in [-0.1, -0.05) is 264 Å². The molecule has 2 aliphatic rings. The molecule has 2 heterocycles. The first kappa shape index (κ1) is 60.0. The summed E-state index contributed by atoms with van der Waals surface area (Å²) in [7, 11) is 0. The first-order chi connectivity index (χ1) is 49.1. The van der Waals surface area contributed by atoms with E-state index in [9.17, 15) is 0 Å². The van der Waals surface area contributed by atoms with Crippen molar-refractivity contribution in [1.29, 1.82) is 0 Å². The van der Waals surface area contributed by atoms with Crippen LogP contribution in [0.1, 0.15) is 59.8 Å². The number of hydrogen-bond donors (Lipinski definition) is 0. The van der Waals surface area contributed by atoms with E-state index in [0.717, 1.165) is 79.6 Å². The SMILES string of the molecule is C=Cc1c(C=C)n(-c2ccccc2)c2cc(N(c3ccc(-c4ccccc4)cc3)c3ccc4c(c3)C(C)(Cc3ccc5c(c3)C(C)(C)c3cc6c7ccc(N(c8ccc(-c9ccccc9)cc8)c8ccc(-c9ccccc9)cc8)cc7n(-c7ccccc7)c6cc3-5)c3ccccc3-4)ccc12. The molecule has 0 radical (unpaired) electrons. The Bertz CT molecular complexity index is 5760. The van der Waals surface area contributed by atoms with E-state index in [0.29, 0.717) is 0 Å². The molecule has 0 N–H and O–H groups in total. The second kappa shape index (κ2) is 23.9. The zero-order chi connectivity index (χ0) is 67.2. The van der Waals surface area contributed by atoms with Crippen LogP contribution in [0.5, 0.6) is 0 Å². The standard InChI is InChI=1S/C96H72N4/c1-6-79-83-55-51-78(60-92(83)99(91(79)7-2)71-31-19-11-20-32-71)98(75-48-42-70(43-49-75)67-29-17-10-18-30-67)76-50-54-81-80-35-23-24-36-87(80)96(5,90(81)58-76)63-64-37-53-82-85-62-94-86(61-89(85)95(3,4)88(82)57-64)84-56-52-77(59-93(84)100(94)72-33-21-12-22-34-72)97(73-44-38-68(39-45-73)65-25-13-8-14-26-65)74-46-40-69(41-47-74)66-27-15-9-16-28-66/h6-62H,1-2,63H2,3-5H3. The highest BCUT2D eigenvalue weighted by molar-refractivity contribution is 6.13. The quantitative estimate of drug-likeness (QED) is 0.102. The Labute approximate surface area is 585 Å². The third-order valence-corrected chi connectivity index (χ3v) is 21.5. The van der Waals surface area contributed by atoms with Gasteiger partial charge in [0.05, 0.1) is 22.2 Å². The van der Waals surface area contributed by atoms with Crippen molar-refractivity contribution in [3.8, 4) is 67.0 Å². The molecule has 0 fully saturated rings. The Morgan fingerprint density at radius 2 is 0.700 bits per heavy atom. The van der Waals surface area contributed by atoms with Crippen molar-refractivity contribution in [3.05, 3.63) is 386 Å². The van der Waals surface area contributed by atoms with Gasteiger partial charge in [-0.05, 0) is 205 Å². The molecule has 0 bridgehead atoms. The van der Waals surface area contributed by atoms with Gasteiger partial charge < -0.3 is 18.9 Å². The van der Waals surface area contributed by atoms with E-state index in [4.69, 9.17) is 0 Å². The third kappa shape index (κ3) is 9.81. The van der Waals surface area contributed by atoms with Gasteiger partial charge in [0.25, 0.3) is 0 Å². The Morgan fingerprint density at radius 3 is 1.24 bits per heavy atom. The third-order valence-electron chi connectivity index (χ3n) is 21.5. The maximum Gasteiger partial charge on any atom is 0.0561 e. The zero-order valence-corrected chi connectivity index (χ0v) is 56.3. The van der Waals surface area contributed by atoms with Crippen molar-refractivity contribution in [2.45, 2.75) is 38.0 Å². The molecule has 1 atom stereocenters. The van der Waals surface area contributed by atoms with Crippen LogP contribution in [0, 0.1) is 0 Å². The average molecular weight is 1280 g/mol. The molecular formula is C96H72N4. The lowest BCUT2D eigenvalue weighted by Crippen LogP contribution is -2.25. The molecule has 0 aliphatic heterocycles. The molecule has 476 valence electrons. The Morgan fingerprint density at radius 1 is 0.300 bits per heavy atom. The van der Waals surface area contributed by atoms with E-state index in [1.807, 2.05) is 12.2 Å². The number of fused-ring (bicyclic) bond motifs is 10. The Balaban J connectivity index is 0.740. The molecule has 0 amide bonds. The molecule has 1 unspecified atom stereocenters. The average Bonchev–Trinajstić information content (AvgIpc) is 1.56. The minimum Gasteiger partial charge on any atom is -0.310 e. The van der Waals surface area contributed by atoms with Crippen LogP contribution in [0.15, 0.2) is 347 Å². The first-order valence-corrected chi connectivity index (χ1v) is 34.7. The van der Waals surface area contributed by atoms with Gasteiger partial charge in [0.2, 0.25) is 0 Å². The van der Waals surface area contributed by atoms with Crippen molar-refractivity contribution < 1.29 is 0 Å². The molecule has 100 heavy (non-hydrogen) atoms. The highest BCUT2D eigenvalue weighted by atomic mass is 15.2. The summed E-state index contributed by atoms with van der Waals surface area (Å²) in [5.41, 5.74) is 32.5. The number of para-hydroxylation sites is 2. The van der Waals surface area contributed by atoms with Crippen molar-refractivity contribution in [2.75, 3.05) is 9.80 Å². The largest absolute Gasteiger partial charge is 0.310 e. The summed E-state index contributed by atoms with van der Waals surface area (Å²) >= 11 is 0. The van der Waals surface area contributed by atoms with Crippen molar-refractivity contribution in [2.24, 2.45) is 0 Å². The summed E-state index contributed by atoms with van der Waals surface area (Å²) in [6.45, 7) is 16.0. The predicted octanol–water partition coefficient (Wildman–Crippen LogP) is 25.8. The van der Waals surface area contributed by atoms with E-state index >= 15 is 0 Å². The number of rotatable bonds is 15. The maximum absolute atomic E-state index is 4.32. The lowest BCUT2D eigenvalue weighted by atomic mass is 9.74. The van der Waals surface area contributed by atoms with Crippen molar-refractivity contribution in [3.63, 3.8) is 0 Å². The first-order valence-electron chi connectivity index (χ1n) is 34.7. The van der Waals surface area contributed by atoms with Gasteiger partial charge in [-0.15, -0.1) is 0 Å². The molecule has 4 nitrogen and oxygen atoms in total. The highest BCUT2D eigenvalue weighted by Gasteiger charge is 2.42. The van der Waals surface area contributed by atoms with Gasteiger partial charge >= 0.3 is 0 Å². The van der Waals surface area contributed by atoms with Crippen LogP contribution in [0.2, 0.25) is 0 Å². The van der Waals surface area contributed by atoms with Gasteiger partial charge in [0, 0.05) is 78.1 Å². The number of anilines is 6. The van der Waals surface area contributed by atoms with Gasteiger partial charge in [-0.3, -0.25) is 0 Å². The second-order valence-electron chi connectivity index (χ2n) is 27.6. The van der Waals surface area contributed by atoms with E-state index in [1.54, 1.807) is 0 Å². The molecule has 0 saturated carbocycles. The van der Waals surface area contributed by atoms with Crippen LogP contribution >= 0.6 is 0 Å². The fraction of sp³-hybridized carbons (Fsp3) is 0.0625. The topological polar surface area (TPSA) is 16.3 Å². The normalized spacial score (nSPS) is 14.0. The summed E-state index contributed by atoms with van der Waals surface area (Å²) in [4.78, 5) is 4.84. The molecule has 2 aromatic heterocycles. The molecule has 4 heteroatoms. The summed E-state index contributed by atoms with van der Waals surface area (Å²) in [5, 5.41) is 3.59. The summed E-state index contributed by atoms with van der Waals surface area (Å²) in [6.07, 6.45) is 4.74. The van der Waals surface area contributed by atoms with Crippen molar-refractivity contribution in [1.82, 2.24) is 9.13 Å². The maximum atomic E-state index is 4.32. The second-order valence-corrected chi connectivity index (χ2v) is 27.6. The van der Waals surface area contributed by atoms with Gasteiger partial charge in [-0.2, -0.15) is 0 Å². The van der Waals surface area contributed by atoms with E-state index in [1.165, 1.54) is 99.7 Å². The van der Waals surface area contributed by atoms with Crippen LogP contribution in [-0.2, 0) is 17.3 Å². The number of hydrogen-bond acceptors (Lipinski definition) is 2. The van der Waals surface area contributed by atoms with E-state index in [2.05, 4.69) is 387 Å². The number of benzene rings is 14. The molecule has 16 aromatic rings. The lowest BCUT2D eigenvalue weighted by molar-refractivity contribution is 0.581.